The normalized spacial score (nSPS) is 10.0. The molecule has 0 aliphatic heterocycles. The molecule has 0 saturated heterocycles. The molecule has 4 heteroatoms. The first kappa shape index (κ1) is 17.1. The van der Waals surface area contributed by atoms with Crippen molar-refractivity contribution >= 4 is 5.91 Å². The highest BCUT2D eigenvalue weighted by Gasteiger charge is 2.18. The fraction of sp³-hybridized carbons (Fsp3) is 0.471. The average Bonchev–Trinajstić information content (AvgIpc) is 2.49. The Labute approximate surface area is 127 Å². The topological polar surface area (TPSA) is 55.6 Å². The van der Waals surface area contributed by atoms with Crippen molar-refractivity contribution in [3.05, 3.63) is 29.3 Å². The van der Waals surface area contributed by atoms with Gasteiger partial charge in [-0.2, -0.15) is 0 Å². The van der Waals surface area contributed by atoms with Crippen LogP contribution in [0.15, 0.2) is 18.2 Å². The van der Waals surface area contributed by atoms with Crippen molar-refractivity contribution in [3.8, 4) is 17.6 Å². The van der Waals surface area contributed by atoms with Crippen LogP contribution in [-0.2, 0) is 0 Å². The molecule has 1 rings (SSSR count). The van der Waals surface area contributed by atoms with E-state index in [2.05, 4.69) is 18.8 Å². The van der Waals surface area contributed by atoms with Gasteiger partial charge in [0.05, 0.1) is 19.2 Å². The van der Waals surface area contributed by atoms with Crippen molar-refractivity contribution in [1.29, 1.82) is 0 Å². The molecule has 1 aromatic carbocycles. The molecule has 0 aliphatic carbocycles. The largest absolute Gasteiger partial charge is 0.495 e. The number of amides is 1. The third-order valence-electron chi connectivity index (χ3n) is 3.12. The second kappa shape index (κ2) is 8.33. The number of methoxy groups -OCH3 is 1. The molecular formula is C17H24N2O2. The Balaban J connectivity index is 3.15. The number of nitrogens with two attached hydrogens (primary N) is 1. The Morgan fingerprint density at radius 1 is 1.43 bits per heavy atom. The molecule has 4 nitrogen and oxygen atoms in total. The molecule has 0 heterocycles. The van der Waals surface area contributed by atoms with Gasteiger partial charge in [0.1, 0.15) is 5.75 Å². The van der Waals surface area contributed by atoms with Gasteiger partial charge in [-0.25, -0.2) is 0 Å². The minimum atomic E-state index is 0.0188. The summed E-state index contributed by atoms with van der Waals surface area (Å²) in [6, 6.07) is 5.49. The molecule has 114 valence electrons. The highest BCUT2D eigenvalue weighted by Crippen LogP contribution is 2.20. The molecule has 2 N–H and O–H groups in total. The lowest BCUT2D eigenvalue weighted by Gasteiger charge is -2.26. The van der Waals surface area contributed by atoms with Crippen molar-refractivity contribution in [1.82, 2.24) is 4.90 Å². The van der Waals surface area contributed by atoms with Gasteiger partial charge in [0, 0.05) is 18.2 Å². The quantitative estimate of drug-likeness (QED) is 0.846. The van der Waals surface area contributed by atoms with E-state index in [1.165, 1.54) is 0 Å². The molecule has 0 spiro atoms. The van der Waals surface area contributed by atoms with Crippen LogP contribution in [0.4, 0.5) is 0 Å². The molecule has 0 aliphatic rings. The van der Waals surface area contributed by atoms with Crippen LogP contribution in [0.3, 0.4) is 0 Å². The van der Waals surface area contributed by atoms with E-state index >= 15 is 0 Å². The van der Waals surface area contributed by atoms with Gasteiger partial charge in [0.2, 0.25) is 0 Å². The van der Waals surface area contributed by atoms with Crippen molar-refractivity contribution in [2.45, 2.75) is 33.2 Å². The average molecular weight is 288 g/mol. The third-order valence-corrected chi connectivity index (χ3v) is 3.12. The van der Waals surface area contributed by atoms with Crippen LogP contribution in [0.5, 0.6) is 5.75 Å². The zero-order valence-electron chi connectivity index (χ0n) is 13.3. The van der Waals surface area contributed by atoms with E-state index in [1.54, 1.807) is 25.3 Å². The van der Waals surface area contributed by atoms with Gasteiger partial charge >= 0.3 is 0 Å². The smallest absolute Gasteiger partial charge is 0.254 e. The lowest BCUT2D eigenvalue weighted by Crippen LogP contribution is -2.37. The number of carbonyl (C=O) groups excluding carboxylic acids is 1. The van der Waals surface area contributed by atoms with Crippen LogP contribution in [0, 0.1) is 11.8 Å². The molecule has 21 heavy (non-hydrogen) atoms. The molecule has 0 bridgehead atoms. The van der Waals surface area contributed by atoms with Crippen molar-refractivity contribution in [3.63, 3.8) is 0 Å². The molecule has 0 aromatic heterocycles. The first-order valence-electron chi connectivity index (χ1n) is 7.23. The van der Waals surface area contributed by atoms with E-state index in [0.29, 0.717) is 16.9 Å². The summed E-state index contributed by atoms with van der Waals surface area (Å²) in [7, 11) is 1.59. The Kier molecular flexibility index (Phi) is 6.77. The van der Waals surface area contributed by atoms with Gasteiger partial charge in [-0.15, -0.1) is 0 Å². The molecule has 0 unspecified atom stereocenters. The van der Waals surface area contributed by atoms with E-state index in [4.69, 9.17) is 10.5 Å². The molecule has 0 radical (unpaired) electrons. The van der Waals surface area contributed by atoms with Gasteiger partial charge in [0.15, 0.2) is 0 Å². The van der Waals surface area contributed by atoms with Crippen molar-refractivity contribution in [2.75, 3.05) is 20.2 Å². The summed E-state index contributed by atoms with van der Waals surface area (Å²) in [4.78, 5) is 14.5. The number of nitrogens with zero attached hydrogens (tertiary/aromatic N) is 1. The molecule has 1 amide bonds. The lowest BCUT2D eigenvalue weighted by atomic mass is 10.1. The summed E-state index contributed by atoms with van der Waals surface area (Å²) in [5.74, 6) is 6.41. The second-order valence-electron chi connectivity index (χ2n) is 5.01. The Hall–Kier alpha value is -1.99. The molecule has 0 saturated carbocycles. The minimum Gasteiger partial charge on any atom is -0.495 e. The highest BCUT2D eigenvalue weighted by molar-refractivity contribution is 5.95. The van der Waals surface area contributed by atoms with Gasteiger partial charge in [-0.3, -0.25) is 4.79 Å². The van der Waals surface area contributed by atoms with Gasteiger partial charge < -0.3 is 15.4 Å². The van der Waals surface area contributed by atoms with E-state index < -0.39 is 0 Å². The Bertz CT molecular complexity index is 541. The zero-order chi connectivity index (χ0) is 15.8. The Morgan fingerprint density at radius 2 is 2.14 bits per heavy atom. The van der Waals surface area contributed by atoms with Crippen molar-refractivity contribution < 1.29 is 9.53 Å². The van der Waals surface area contributed by atoms with Crippen LogP contribution in [-0.4, -0.2) is 37.0 Å². The maximum atomic E-state index is 12.6. The summed E-state index contributed by atoms with van der Waals surface area (Å²) in [6.45, 7) is 7.12. The number of carbonyl (C=O) groups is 1. The van der Waals surface area contributed by atoms with Gasteiger partial charge in [-0.05, 0) is 38.5 Å². The van der Waals surface area contributed by atoms with Crippen LogP contribution >= 0.6 is 0 Å². The number of ether oxygens (including phenoxy) is 1. The summed E-state index contributed by atoms with van der Waals surface area (Å²) >= 11 is 0. The number of benzene rings is 1. The molecule has 0 fully saturated rings. The monoisotopic (exact) mass is 288 g/mol. The van der Waals surface area contributed by atoms with E-state index in [1.807, 2.05) is 18.7 Å². The first-order valence-corrected chi connectivity index (χ1v) is 7.23. The molecule has 0 atom stereocenters. The SMILES string of the molecule is CCCN(C(=O)c1ccc(OC)c(C#CCN)c1)C(C)C. The fourth-order valence-electron chi connectivity index (χ4n) is 2.09. The maximum Gasteiger partial charge on any atom is 0.254 e. The summed E-state index contributed by atoms with van der Waals surface area (Å²) in [5.41, 5.74) is 6.72. The lowest BCUT2D eigenvalue weighted by molar-refractivity contribution is 0.0706. The van der Waals surface area contributed by atoms with Gasteiger partial charge in [0.25, 0.3) is 5.91 Å². The number of hydrogen-bond acceptors (Lipinski definition) is 3. The molecule has 1 aromatic rings. The van der Waals surface area contributed by atoms with Crippen LogP contribution in [0.1, 0.15) is 43.1 Å². The second-order valence-corrected chi connectivity index (χ2v) is 5.01. The van der Waals surface area contributed by atoms with Gasteiger partial charge in [-0.1, -0.05) is 18.8 Å². The summed E-state index contributed by atoms with van der Waals surface area (Å²) < 4.78 is 5.26. The fourth-order valence-corrected chi connectivity index (χ4v) is 2.09. The van der Waals surface area contributed by atoms with E-state index in [0.717, 1.165) is 13.0 Å². The molecular weight excluding hydrogens is 264 g/mol. The van der Waals surface area contributed by atoms with Crippen molar-refractivity contribution in [2.24, 2.45) is 5.73 Å². The standard InChI is InChI=1S/C17H24N2O2/c1-5-11-19(13(2)3)17(20)15-8-9-16(21-4)14(12-15)7-6-10-18/h8-9,12-13H,5,10-11,18H2,1-4H3. The van der Waals surface area contributed by atoms with E-state index in [-0.39, 0.29) is 18.5 Å². The van der Waals surface area contributed by atoms with Crippen LogP contribution in [0.2, 0.25) is 0 Å². The number of rotatable bonds is 5. The Morgan fingerprint density at radius 3 is 2.67 bits per heavy atom. The first-order chi connectivity index (χ1) is 10.0. The van der Waals surface area contributed by atoms with Crippen LogP contribution in [0.25, 0.3) is 0 Å². The minimum absolute atomic E-state index is 0.0188. The third kappa shape index (κ3) is 4.51. The maximum absolute atomic E-state index is 12.6. The summed E-state index contributed by atoms with van der Waals surface area (Å²) in [6.07, 6.45) is 0.930. The predicted molar refractivity (Wildman–Crippen MR) is 85.4 cm³/mol. The predicted octanol–water partition coefficient (Wildman–Crippen LogP) is 2.27. The van der Waals surface area contributed by atoms with Crippen LogP contribution < -0.4 is 10.5 Å². The number of hydrogen-bond donors (Lipinski definition) is 1. The highest BCUT2D eigenvalue weighted by atomic mass is 16.5. The zero-order valence-corrected chi connectivity index (χ0v) is 13.3. The van der Waals surface area contributed by atoms with E-state index in [9.17, 15) is 4.79 Å². The summed E-state index contributed by atoms with van der Waals surface area (Å²) in [5, 5.41) is 0.